The van der Waals surface area contributed by atoms with Gasteiger partial charge in [-0.3, -0.25) is 4.98 Å². The topological polar surface area (TPSA) is 50.9 Å². The lowest BCUT2D eigenvalue weighted by Gasteiger charge is -2.09. The van der Waals surface area contributed by atoms with E-state index < -0.39 is 0 Å². The Hall–Kier alpha value is -1.39. The van der Waals surface area contributed by atoms with Crippen molar-refractivity contribution in [1.29, 1.82) is 0 Å². The molecule has 0 bridgehead atoms. The summed E-state index contributed by atoms with van der Waals surface area (Å²) in [6.45, 7) is 1.21. The van der Waals surface area contributed by atoms with Gasteiger partial charge < -0.3 is 11.1 Å². The van der Waals surface area contributed by atoms with Gasteiger partial charge in [0.1, 0.15) is 0 Å². The Labute approximate surface area is 109 Å². The molecule has 0 fully saturated rings. The van der Waals surface area contributed by atoms with Crippen molar-refractivity contribution in [3.8, 4) is 0 Å². The quantitative estimate of drug-likeness (QED) is 0.911. The highest BCUT2D eigenvalue weighted by Gasteiger charge is 2.01. The molecule has 1 aromatic heterocycles. The minimum atomic E-state index is 0.519. The molecule has 0 unspecified atom stereocenters. The van der Waals surface area contributed by atoms with Crippen molar-refractivity contribution >= 4 is 21.6 Å². The van der Waals surface area contributed by atoms with Crippen molar-refractivity contribution in [1.82, 2.24) is 4.98 Å². The maximum absolute atomic E-state index is 5.67. The van der Waals surface area contributed by atoms with Gasteiger partial charge in [0.15, 0.2) is 0 Å². The van der Waals surface area contributed by atoms with E-state index in [4.69, 9.17) is 5.73 Å². The van der Waals surface area contributed by atoms with Gasteiger partial charge in [-0.25, -0.2) is 0 Å². The maximum atomic E-state index is 5.67. The lowest BCUT2D eigenvalue weighted by molar-refractivity contribution is 0.951. The third kappa shape index (κ3) is 3.28. The van der Waals surface area contributed by atoms with Crippen LogP contribution in [0.1, 0.15) is 11.3 Å². The highest BCUT2D eigenvalue weighted by Crippen LogP contribution is 2.15. The number of rotatable bonds is 4. The number of nitrogens with zero attached hydrogens (tertiary/aromatic N) is 1. The van der Waals surface area contributed by atoms with Gasteiger partial charge in [-0.05, 0) is 35.9 Å². The molecule has 1 aromatic carbocycles. The number of benzene rings is 1. The number of halogens is 1. The first-order chi connectivity index (χ1) is 8.29. The standard InChI is InChI=1S/C13H14BrN3/c14-11-3-5-12(6-4-11)17-9-13-10(8-15)2-1-7-16-13/h1-7,17H,8-9,15H2. The molecule has 2 rings (SSSR count). The van der Waals surface area contributed by atoms with Gasteiger partial charge in [0.2, 0.25) is 0 Å². The fourth-order valence-electron chi connectivity index (χ4n) is 1.57. The Morgan fingerprint density at radius 1 is 1.18 bits per heavy atom. The zero-order chi connectivity index (χ0) is 12.1. The molecule has 0 aliphatic heterocycles. The summed E-state index contributed by atoms with van der Waals surface area (Å²) in [6, 6.07) is 12.0. The smallest absolute Gasteiger partial charge is 0.0639 e. The molecule has 0 radical (unpaired) electrons. The predicted molar refractivity (Wildman–Crippen MR) is 73.6 cm³/mol. The molecular formula is C13H14BrN3. The number of nitrogens with one attached hydrogen (secondary N) is 1. The Morgan fingerprint density at radius 2 is 1.94 bits per heavy atom. The van der Waals surface area contributed by atoms with Crippen LogP contribution in [0.25, 0.3) is 0 Å². The second-order valence-corrected chi connectivity index (χ2v) is 4.59. The van der Waals surface area contributed by atoms with Gasteiger partial charge in [-0.1, -0.05) is 22.0 Å². The summed E-state index contributed by atoms with van der Waals surface area (Å²) in [5.74, 6) is 0. The van der Waals surface area contributed by atoms with Crippen LogP contribution in [-0.2, 0) is 13.1 Å². The molecule has 88 valence electrons. The summed E-state index contributed by atoms with van der Waals surface area (Å²) < 4.78 is 1.07. The van der Waals surface area contributed by atoms with Crippen LogP contribution in [0.15, 0.2) is 47.1 Å². The van der Waals surface area contributed by atoms with E-state index in [9.17, 15) is 0 Å². The molecule has 3 nitrogen and oxygen atoms in total. The average Bonchev–Trinajstić information content (AvgIpc) is 2.38. The Morgan fingerprint density at radius 3 is 2.65 bits per heavy atom. The number of anilines is 1. The van der Waals surface area contributed by atoms with Gasteiger partial charge in [0, 0.05) is 22.9 Å². The van der Waals surface area contributed by atoms with Gasteiger partial charge >= 0.3 is 0 Å². The second-order valence-electron chi connectivity index (χ2n) is 3.67. The molecule has 0 saturated carbocycles. The zero-order valence-electron chi connectivity index (χ0n) is 9.36. The Balaban J connectivity index is 2.04. The first-order valence-electron chi connectivity index (χ1n) is 5.42. The van der Waals surface area contributed by atoms with Crippen LogP contribution in [0.4, 0.5) is 5.69 Å². The lowest BCUT2D eigenvalue weighted by Crippen LogP contribution is -2.08. The molecular weight excluding hydrogens is 278 g/mol. The second kappa shape index (κ2) is 5.80. The number of aromatic nitrogens is 1. The summed E-state index contributed by atoms with van der Waals surface area (Å²) in [5, 5.41) is 3.32. The van der Waals surface area contributed by atoms with Crippen LogP contribution < -0.4 is 11.1 Å². The van der Waals surface area contributed by atoms with Crippen molar-refractivity contribution in [3.63, 3.8) is 0 Å². The largest absolute Gasteiger partial charge is 0.379 e. The van der Waals surface area contributed by atoms with Crippen molar-refractivity contribution < 1.29 is 0 Å². The maximum Gasteiger partial charge on any atom is 0.0639 e. The molecule has 0 aliphatic carbocycles. The Bertz CT molecular complexity index is 482. The number of nitrogens with two attached hydrogens (primary N) is 1. The molecule has 1 heterocycles. The highest BCUT2D eigenvalue weighted by atomic mass is 79.9. The molecule has 17 heavy (non-hydrogen) atoms. The van der Waals surface area contributed by atoms with E-state index >= 15 is 0 Å². The fraction of sp³-hybridized carbons (Fsp3) is 0.154. The van der Waals surface area contributed by atoms with Gasteiger partial charge in [-0.2, -0.15) is 0 Å². The van der Waals surface area contributed by atoms with E-state index in [0.717, 1.165) is 21.4 Å². The van der Waals surface area contributed by atoms with Crippen LogP contribution >= 0.6 is 15.9 Å². The number of hydrogen-bond donors (Lipinski definition) is 2. The van der Waals surface area contributed by atoms with Crippen LogP contribution in [0.2, 0.25) is 0 Å². The molecule has 0 amide bonds. The monoisotopic (exact) mass is 291 g/mol. The third-order valence-corrected chi connectivity index (χ3v) is 3.04. The Kier molecular flexibility index (Phi) is 4.12. The summed E-state index contributed by atoms with van der Waals surface area (Å²) in [4.78, 5) is 4.33. The molecule has 0 atom stereocenters. The van der Waals surface area contributed by atoms with E-state index in [2.05, 4.69) is 26.2 Å². The molecule has 4 heteroatoms. The minimum Gasteiger partial charge on any atom is -0.379 e. The first kappa shape index (κ1) is 12.1. The summed E-state index contributed by atoms with van der Waals surface area (Å²) in [6.07, 6.45) is 1.79. The number of pyridine rings is 1. The highest BCUT2D eigenvalue weighted by molar-refractivity contribution is 9.10. The van der Waals surface area contributed by atoms with Gasteiger partial charge in [0.25, 0.3) is 0 Å². The first-order valence-corrected chi connectivity index (χ1v) is 6.21. The minimum absolute atomic E-state index is 0.519. The molecule has 2 aromatic rings. The normalized spacial score (nSPS) is 10.2. The van der Waals surface area contributed by atoms with Gasteiger partial charge in [-0.15, -0.1) is 0 Å². The lowest BCUT2D eigenvalue weighted by atomic mass is 10.2. The molecule has 0 aliphatic rings. The van der Waals surface area contributed by atoms with E-state index in [1.165, 1.54) is 0 Å². The van der Waals surface area contributed by atoms with Crippen molar-refractivity contribution in [2.45, 2.75) is 13.1 Å². The van der Waals surface area contributed by atoms with Crippen molar-refractivity contribution in [3.05, 3.63) is 58.3 Å². The summed E-state index contributed by atoms with van der Waals surface area (Å²) in [7, 11) is 0. The van der Waals surface area contributed by atoms with Crippen molar-refractivity contribution in [2.75, 3.05) is 5.32 Å². The fourth-order valence-corrected chi connectivity index (χ4v) is 1.83. The summed E-state index contributed by atoms with van der Waals surface area (Å²) >= 11 is 3.41. The SMILES string of the molecule is NCc1cccnc1CNc1ccc(Br)cc1. The number of hydrogen-bond acceptors (Lipinski definition) is 3. The van der Waals surface area contributed by atoms with Crippen LogP contribution in [0.3, 0.4) is 0 Å². The molecule has 3 N–H and O–H groups in total. The zero-order valence-corrected chi connectivity index (χ0v) is 10.9. The van der Waals surface area contributed by atoms with E-state index in [1.807, 2.05) is 36.4 Å². The van der Waals surface area contributed by atoms with Crippen LogP contribution in [0, 0.1) is 0 Å². The van der Waals surface area contributed by atoms with Crippen molar-refractivity contribution in [2.24, 2.45) is 5.73 Å². The molecule has 0 saturated heterocycles. The molecule has 0 spiro atoms. The van der Waals surface area contributed by atoms with Crippen LogP contribution in [-0.4, -0.2) is 4.98 Å². The third-order valence-electron chi connectivity index (χ3n) is 2.51. The van der Waals surface area contributed by atoms with Gasteiger partial charge in [0.05, 0.1) is 12.2 Å². The van der Waals surface area contributed by atoms with E-state index in [-0.39, 0.29) is 0 Å². The van der Waals surface area contributed by atoms with Crippen LogP contribution in [0.5, 0.6) is 0 Å². The van der Waals surface area contributed by atoms with E-state index in [0.29, 0.717) is 13.1 Å². The average molecular weight is 292 g/mol. The summed E-state index contributed by atoms with van der Waals surface area (Å²) in [5.41, 5.74) is 8.82. The van der Waals surface area contributed by atoms with E-state index in [1.54, 1.807) is 6.20 Å². The predicted octanol–water partition coefficient (Wildman–Crippen LogP) is 2.91.